The van der Waals surface area contributed by atoms with Crippen molar-refractivity contribution in [3.8, 4) is 0 Å². The van der Waals surface area contributed by atoms with Crippen molar-refractivity contribution in [2.45, 2.75) is 38.3 Å². The van der Waals surface area contributed by atoms with Gasteiger partial charge >= 0.3 is 0 Å². The summed E-state index contributed by atoms with van der Waals surface area (Å²) in [5, 5.41) is 0. The Morgan fingerprint density at radius 1 is 1.53 bits per heavy atom. The van der Waals surface area contributed by atoms with E-state index in [1.54, 1.807) is 19.4 Å². The topological polar surface area (TPSA) is 60.2 Å². The van der Waals surface area contributed by atoms with E-state index in [9.17, 15) is 4.39 Å². The number of nitrogens with one attached hydrogen (secondary N) is 1. The summed E-state index contributed by atoms with van der Waals surface area (Å²) in [5.41, 5.74) is 2.62. The van der Waals surface area contributed by atoms with Crippen LogP contribution in [0.4, 0.5) is 4.39 Å². The zero-order chi connectivity index (χ0) is 12.9. The van der Waals surface area contributed by atoms with Gasteiger partial charge in [-0.2, -0.15) is 0 Å². The van der Waals surface area contributed by atoms with Crippen LogP contribution in [-0.4, -0.2) is 17.7 Å². The SMILES string of the molecule is CCC(CC)(OC)C(NN)c1ccncc1F. The van der Waals surface area contributed by atoms with Gasteiger partial charge in [-0.1, -0.05) is 13.8 Å². The van der Waals surface area contributed by atoms with Crippen LogP contribution in [0.25, 0.3) is 0 Å². The lowest BCUT2D eigenvalue weighted by molar-refractivity contribution is -0.0495. The van der Waals surface area contributed by atoms with Gasteiger partial charge in [-0.05, 0) is 18.9 Å². The van der Waals surface area contributed by atoms with Gasteiger partial charge in [0, 0.05) is 18.9 Å². The number of nitrogens with two attached hydrogens (primary N) is 1. The molecule has 1 atom stereocenters. The van der Waals surface area contributed by atoms with Crippen molar-refractivity contribution in [1.29, 1.82) is 0 Å². The molecule has 0 amide bonds. The molecule has 96 valence electrons. The van der Waals surface area contributed by atoms with E-state index < -0.39 is 11.6 Å². The van der Waals surface area contributed by atoms with Gasteiger partial charge in [0.1, 0.15) is 5.82 Å². The molecule has 17 heavy (non-hydrogen) atoms. The van der Waals surface area contributed by atoms with Crippen molar-refractivity contribution in [3.05, 3.63) is 29.8 Å². The van der Waals surface area contributed by atoms with Crippen LogP contribution in [0.5, 0.6) is 0 Å². The average Bonchev–Trinajstić information content (AvgIpc) is 2.38. The number of aromatic nitrogens is 1. The van der Waals surface area contributed by atoms with Crippen molar-refractivity contribution in [2.75, 3.05) is 7.11 Å². The lowest BCUT2D eigenvalue weighted by atomic mass is 9.84. The fourth-order valence-corrected chi connectivity index (χ4v) is 2.21. The molecule has 0 saturated carbocycles. The first-order valence-electron chi connectivity index (χ1n) is 5.75. The second kappa shape index (κ2) is 6.05. The number of nitrogens with zero attached hydrogens (tertiary/aromatic N) is 1. The van der Waals surface area contributed by atoms with Gasteiger partial charge in [0.15, 0.2) is 0 Å². The first kappa shape index (κ1) is 14.0. The Hall–Kier alpha value is -1.04. The average molecular weight is 241 g/mol. The smallest absolute Gasteiger partial charge is 0.146 e. The van der Waals surface area contributed by atoms with Gasteiger partial charge in [0.05, 0.1) is 17.8 Å². The summed E-state index contributed by atoms with van der Waals surface area (Å²) in [7, 11) is 1.62. The van der Waals surface area contributed by atoms with Gasteiger partial charge in [0.25, 0.3) is 0 Å². The third-order valence-electron chi connectivity index (χ3n) is 3.41. The summed E-state index contributed by atoms with van der Waals surface area (Å²) < 4.78 is 19.3. The molecule has 5 heteroatoms. The van der Waals surface area contributed by atoms with Crippen LogP contribution in [0, 0.1) is 5.82 Å². The summed E-state index contributed by atoms with van der Waals surface area (Å²) in [6.45, 7) is 3.99. The summed E-state index contributed by atoms with van der Waals surface area (Å²) in [4.78, 5) is 3.74. The van der Waals surface area contributed by atoms with Crippen molar-refractivity contribution in [2.24, 2.45) is 5.84 Å². The number of halogens is 1. The minimum absolute atomic E-state index is 0.376. The molecular weight excluding hydrogens is 221 g/mol. The van der Waals surface area contributed by atoms with E-state index in [0.29, 0.717) is 5.56 Å². The van der Waals surface area contributed by atoms with E-state index in [-0.39, 0.29) is 5.82 Å². The van der Waals surface area contributed by atoms with E-state index in [4.69, 9.17) is 10.6 Å². The van der Waals surface area contributed by atoms with Gasteiger partial charge in [-0.3, -0.25) is 10.8 Å². The second-order valence-electron chi connectivity index (χ2n) is 3.97. The zero-order valence-electron chi connectivity index (χ0n) is 10.5. The van der Waals surface area contributed by atoms with Crippen molar-refractivity contribution in [1.82, 2.24) is 10.4 Å². The minimum atomic E-state index is -0.517. The molecule has 1 aromatic rings. The maximum atomic E-state index is 13.8. The first-order valence-corrected chi connectivity index (χ1v) is 5.75. The Morgan fingerprint density at radius 3 is 2.59 bits per heavy atom. The molecule has 3 N–H and O–H groups in total. The Labute approximate surface area is 101 Å². The van der Waals surface area contributed by atoms with Crippen LogP contribution in [0.3, 0.4) is 0 Å². The van der Waals surface area contributed by atoms with Crippen molar-refractivity contribution >= 4 is 0 Å². The third kappa shape index (κ3) is 2.62. The molecule has 4 nitrogen and oxygen atoms in total. The second-order valence-corrected chi connectivity index (χ2v) is 3.97. The van der Waals surface area contributed by atoms with Crippen molar-refractivity contribution < 1.29 is 9.13 Å². The van der Waals surface area contributed by atoms with E-state index in [2.05, 4.69) is 10.4 Å². The highest BCUT2D eigenvalue weighted by atomic mass is 19.1. The maximum absolute atomic E-state index is 13.8. The number of hydrazine groups is 1. The summed E-state index contributed by atoms with van der Waals surface area (Å²) in [6.07, 6.45) is 4.20. The molecule has 1 heterocycles. The molecule has 1 unspecified atom stereocenters. The van der Waals surface area contributed by atoms with Gasteiger partial charge in [0.2, 0.25) is 0 Å². The number of hydrogen-bond acceptors (Lipinski definition) is 4. The quantitative estimate of drug-likeness (QED) is 0.590. The van der Waals surface area contributed by atoms with Crippen molar-refractivity contribution in [3.63, 3.8) is 0 Å². The van der Waals surface area contributed by atoms with Gasteiger partial charge in [-0.15, -0.1) is 0 Å². The lowest BCUT2D eigenvalue weighted by Crippen LogP contribution is -2.47. The van der Waals surface area contributed by atoms with E-state index in [0.717, 1.165) is 12.8 Å². The predicted molar refractivity (Wildman–Crippen MR) is 64.6 cm³/mol. The molecule has 0 aliphatic rings. The third-order valence-corrected chi connectivity index (χ3v) is 3.41. The summed E-state index contributed by atoms with van der Waals surface area (Å²) >= 11 is 0. The van der Waals surface area contributed by atoms with E-state index >= 15 is 0 Å². The molecule has 0 spiro atoms. The normalized spacial score (nSPS) is 13.7. The molecule has 0 aromatic carbocycles. The zero-order valence-corrected chi connectivity index (χ0v) is 10.5. The fraction of sp³-hybridized carbons (Fsp3) is 0.583. The van der Waals surface area contributed by atoms with Crippen LogP contribution in [0.15, 0.2) is 18.5 Å². The highest BCUT2D eigenvalue weighted by Gasteiger charge is 2.37. The van der Waals surface area contributed by atoms with Gasteiger partial charge < -0.3 is 4.74 Å². The molecule has 0 bridgehead atoms. The molecule has 1 aromatic heterocycles. The van der Waals surface area contributed by atoms with Crippen LogP contribution in [0.2, 0.25) is 0 Å². The maximum Gasteiger partial charge on any atom is 0.146 e. The largest absolute Gasteiger partial charge is 0.376 e. The van der Waals surface area contributed by atoms with E-state index in [1.807, 2.05) is 13.8 Å². The monoisotopic (exact) mass is 241 g/mol. The molecular formula is C12H20FN3O. The molecule has 0 fully saturated rings. The molecule has 0 aliphatic carbocycles. The standard InChI is InChI=1S/C12H20FN3O/c1-4-12(5-2,17-3)11(16-14)9-6-7-15-8-10(9)13/h6-8,11,16H,4-5,14H2,1-3H3. The number of rotatable bonds is 6. The van der Waals surface area contributed by atoms with Crippen LogP contribution >= 0.6 is 0 Å². The Morgan fingerprint density at radius 2 is 2.18 bits per heavy atom. The Bertz CT molecular complexity index is 347. The number of methoxy groups -OCH3 is 1. The molecule has 0 radical (unpaired) electrons. The highest BCUT2D eigenvalue weighted by Crippen LogP contribution is 2.35. The molecule has 0 aliphatic heterocycles. The number of ether oxygens (including phenoxy) is 1. The summed E-state index contributed by atoms with van der Waals surface area (Å²) in [5.74, 6) is 5.19. The first-order chi connectivity index (χ1) is 8.15. The van der Waals surface area contributed by atoms with Crippen LogP contribution < -0.4 is 11.3 Å². The number of hydrogen-bond donors (Lipinski definition) is 2. The van der Waals surface area contributed by atoms with Gasteiger partial charge in [-0.25, -0.2) is 9.82 Å². The fourth-order valence-electron chi connectivity index (χ4n) is 2.21. The predicted octanol–water partition coefficient (Wildman–Crippen LogP) is 1.93. The highest BCUT2D eigenvalue weighted by molar-refractivity contribution is 5.21. The number of pyridine rings is 1. The summed E-state index contributed by atoms with van der Waals surface area (Å²) in [6, 6.07) is 1.23. The van der Waals surface area contributed by atoms with Crippen LogP contribution in [0.1, 0.15) is 38.3 Å². The lowest BCUT2D eigenvalue weighted by Gasteiger charge is -2.38. The minimum Gasteiger partial charge on any atom is -0.376 e. The molecule has 1 rings (SSSR count). The Kier molecular flexibility index (Phi) is 4.99. The van der Waals surface area contributed by atoms with Crippen LogP contribution in [-0.2, 0) is 4.74 Å². The molecule has 0 saturated heterocycles. The van der Waals surface area contributed by atoms with E-state index in [1.165, 1.54) is 6.20 Å². The Balaban J connectivity index is 3.18.